The summed E-state index contributed by atoms with van der Waals surface area (Å²) < 4.78 is 5.29. The molecule has 146 valence electrons. The van der Waals surface area contributed by atoms with Crippen LogP contribution in [0.3, 0.4) is 0 Å². The maximum Gasteiger partial charge on any atom is 0.307 e. The van der Waals surface area contributed by atoms with Gasteiger partial charge >= 0.3 is 5.97 Å². The van der Waals surface area contributed by atoms with Gasteiger partial charge in [0.2, 0.25) is 5.91 Å². The van der Waals surface area contributed by atoms with E-state index in [9.17, 15) is 9.59 Å². The van der Waals surface area contributed by atoms with Gasteiger partial charge in [-0.05, 0) is 28.8 Å². The van der Waals surface area contributed by atoms with Crippen LogP contribution in [0.4, 0.5) is 0 Å². The first-order valence-corrected chi connectivity index (χ1v) is 9.23. The fourth-order valence-electron chi connectivity index (χ4n) is 3.76. The second-order valence-electron chi connectivity index (χ2n) is 6.96. The summed E-state index contributed by atoms with van der Waals surface area (Å²) in [7, 11) is 1.55. The van der Waals surface area contributed by atoms with Crippen molar-refractivity contribution in [1.82, 2.24) is 4.90 Å². The quantitative estimate of drug-likeness (QED) is 0.854. The minimum absolute atomic E-state index is 0.0638. The predicted octanol–water partition coefficient (Wildman–Crippen LogP) is 2.90. The zero-order chi connectivity index (χ0) is 20.4. The van der Waals surface area contributed by atoms with Gasteiger partial charge in [0.15, 0.2) is 0 Å². The monoisotopic (exact) mass is 388 g/mol. The molecule has 1 atom stereocenters. The number of rotatable bonds is 5. The van der Waals surface area contributed by atoms with Crippen molar-refractivity contribution in [3.63, 3.8) is 0 Å². The van der Waals surface area contributed by atoms with Gasteiger partial charge in [-0.25, -0.2) is 0 Å². The summed E-state index contributed by atoms with van der Waals surface area (Å²) in [4.78, 5) is 31.0. The van der Waals surface area contributed by atoms with Crippen LogP contribution in [-0.2, 0) is 26.2 Å². The van der Waals surface area contributed by atoms with Crippen molar-refractivity contribution in [3.8, 4) is 0 Å². The lowest BCUT2D eigenvalue weighted by atomic mass is 9.72. The summed E-state index contributed by atoms with van der Waals surface area (Å²) in [5, 5.41) is 9.03. The molecule has 0 saturated carbocycles. The van der Waals surface area contributed by atoms with Crippen molar-refractivity contribution in [2.45, 2.75) is 11.8 Å². The van der Waals surface area contributed by atoms with E-state index in [1.165, 1.54) is 4.90 Å². The van der Waals surface area contributed by atoms with Gasteiger partial charge in [-0.1, -0.05) is 54.6 Å². The molecule has 2 aliphatic heterocycles. The van der Waals surface area contributed by atoms with Gasteiger partial charge in [0.05, 0.1) is 26.3 Å². The van der Waals surface area contributed by atoms with Gasteiger partial charge in [-0.15, -0.1) is 0 Å². The summed E-state index contributed by atoms with van der Waals surface area (Å²) in [5.41, 5.74) is 1.28. The average molecular weight is 388 g/mol. The normalized spacial score (nSPS) is 20.6. The molecular formula is C23H20N2O4. The minimum atomic E-state index is -1.01. The van der Waals surface area contributed by atoms with E-state index in [0.717, 1.165) is 11.1 Å². The highest BCUT2D eigenvalue weighted by atomic mass is 16.5. The summed E-state index contributed by atoms with van der Waals surface area (Å²) >= 11 is 0. The standard InChI is InChI=1S/C23H20N2O4/c1-29-19-11-12-20-24-15-23(22(28)25(20)14-19,17-5-3-2-4-6-17)18-9-7-16(8-10-18)13-21(26)27/h2-12,14H,13,15H2,1H3,(H,26,27). The molecular weight excluding hydrogens is 368 g/mol. The lowest BCUT2D eigenvalue weighted by Crippen LogP contribution is -2.53. The molecule has 6 nitrogen and oxygen atoms in total. The zero-order valence-electron chi connectivity index (χ0n) is 15.9. The molecule has 0 aromatic heterocycles. The minimum Gasteiger partial charge on any atom is -0.495 e. The Labute approximate surface area is 168 Å². The molecule has 0 saturated heterocycles. The third kappa shape index (κ3) is 3.23. The lowest BCUT2D eigenvalue weighted by molar-refractivity contribution is -0.136. The number of amidine groups is 1. The van der Waals surface area contributed by atoms with Crippen LogP contribution in [0.2, 0.25) is 0 Å². The molecule has 2 aromatic carbocycles. The van der Waals surface area contributed by atoms with Gasteiger partial charge in [0, 0.05) is 0 Å². The number of hydrogen-bond acceptors (Lipinski definition) is 4. The molecule has 1 N–H and O–H groups in total. The number of carboxylic acids is 1. The highest BCUT2D eigenvalue weighted by Crippen LogP contribution is 2.38. The van der Waals surface area contributed by atoms with Crippen molar-refractivity contribution in [2.75, 3.05) is 13.7 Å². The van der Waals surface area contributed by atoms with E-state index >= 15 is 0 Å². The maximum absolute atomic E-state index is 13.8. The van der Waals surface area contributed by atoms with Gasteiger partial charge in [0.1, 0.15) is 17.0 Å². The van der Waals surface area contributed by atoms with E-state index in [1.807, 2.05) is 42.5 Å². The maximum atomic E-state index is 13.8. The number of nitrogens with zero attached hydrogens (tertiary/aromatic N) is 2. The summed E-state index contributed by atoms with van der Waals surface area (Å²) in [5.74, 6) is 0.122. The molecule has 0 radical (unpaired) electrons. The average Bonchev–Trinajstić information content (AvgIpc) is 2.75. The SMILES string of the molecule is COC1=CN2C(=O)C(c3ccccc3)(c3ccc(CC(=O)O)cc3)CN=C2C=C1. The second-order valence-corrected chi connectivity index (χ2v) is 6.96. The fourth-order valence-corrected chi connectivity index (χ4v) is 3.76. The first-order valence-electron chi connectivity index (χ1n) is 9.23. The Kier molecular flexibility index (Phi) is 4.76. The van der Waals surface area contributed by atoms with Gasteiger partial charge in [0.25, 0.3) is 0 Å². The molecule has 1 amide bonds. The first kappa shape index (κ1) is 18.7. The Balaban J connectivity index is 1.85. The molecule has 6 heteroatoms. The first-order chi connectivity index (χ1) is 14.0. The number of carbonyl (C=O) groups excluding carboxylic acids is 1. The van der Waals surface area contributed by atoms with Crippen molar-refractivity contribution in [3.05, 3.63) is 95.4 Å². The Morgan fingerprint density at radius 3 is 2.45 bits per heavy atom. The van der Waals surface area contributed by atoms with Crippen LogP contribution < -0.4 is 0 Å². The molecule has 0 bridgehead atoms. The topological polar surface area (TPSA) is 79.2 Å². The lowest BCUT2D eigenvalue weighted by Gasteiger charge is -2.40. The second kappa shape index (κ2) is 7.39. The smallest absolute Gasteiger partial charge is 0.307 e. The fraction of sp³-hybridized carbons (Fsp3) is 0.174. The van der Waals surface area contributed by atoms with E-state index in [4.69, 9.17) is 9.84 Å². The molecule has 0 aliphatic carbocycles. The number of allylic oxidation sites excluding steroid dienone is 1. The van der Waals surface area contributed by atoms with Crippen LogP contribution in [0.25, 0.3) is 0 Å². The van der Waals surface area contributed by atoms with Gasteiger partial charge < -0.3 is 9.84 Å². The number of methoxy groups -OCH3 is 1. The zero-order valence-corrected chi connectivity index (χ0v) is 15.9. The van der Waals surface area contributed by atoms with Crippen molar-refractivity contribution in [2.24, 2.45) is 4.99 Å². The van der Waals surface area contributed by atoms with Crippen molar-refractivity contribution in [1.29, 1.82) is 0 Å². The predicted molar refractivity (Wildman–Crippen MR) is 108 cm³/mol. The number of hydrogen-bond donors (Lipinski definition) is 1. The molecule has 2 aromatic rings. The summed E-state index contributed by atoms with van der Waals surface area (Å²) in [6, 6.07) is 16.7. The van der Waals surface area contributed by atoms with E-state index in [1.54, 1.807) is 37.6 Å². The van der Waals surface area contributed by atoms with Crippen LogP contribution in [0.1, 0.15) is 16.7 Å². The molecule has 2 heterocycles. The molecule has 2 aliphatic rings. The Morgan fingerprint density at radius 1 is 1.10 bits per heavy atom. The third-order valence-electron chi connectivity index (χ3n) is 5.27. The number of fused-ring (bicyclic) bond motifs is 1. The molecule has 0 fully saturated rings. The number of benzene rings is 2. The van der Waals surface area contributed by atoms with Crippen LogP contribution in [0, 0.1) is 0 Å². The number of carbonyl (C=O) groups is 2. The molecule has 1 unspecified atom stereocenters. The summed E-state index contributed by atoms with van der Waals surface area (Å²) in [6.07, 6.45) is 5.13. The third-order valence-corrected chi connectivity index (χ3v) is 5.27. The number of ether oxygens (including phenoxy) is 1. The van der Waals surface area contributed by atoms with Crippen LogP contribution in [0.15, 0.2) is 83.7 Å². The van der Waals surface area contributed by atoms with Crippen molar-refractivity contribution >= 4 is 17.7 Å². The van der Waals surface area contributed by atoms with E-state index in [2.05, 4.69) is 4.99 Å². The highest BCUT2D eigenvalue weighted by Gasteiger charge is 2.48. The Morgan fingerprint density at radius 2 is 1.79 bits per heavy atom. The molecule has 29 heavy (non-hydrogen) atoms. The molecule has 0 spiro atoms. The van der Waals surface area contributed by atoms with Crippen LogP contribution >= 0.6 is 0 Å². The van der Waals surface area contributed by atoms with E-state index in [-0.39, 0.29) is 18.9 Å². The summed E-state index contributed by atoms with van der Waals surface area (Å²) in [6.45, 7) is 0.264. The Bertz CT molecular complexity index is 1040. The number of carboxylic acid groups (broad SMARTS) is 1. The molecule has 4 rings (SSSR count). The van der Waals surface area contributed by atoms with Crippen LogP contribution in [-0.4, -0.2) is 41.4 Å². The number of aliphatic imine (C=N–C) groups is 1. The van der Waals surface area contributed by atoms with Gasteiger partial charge in [-0.2, -0.15) is 0 Å². The van der Waals surface area contributed by atoms with Gasteiger partial charge in [-0.3, -0.25) is 19.5 Å². The number of amides is 1. The van der Waals surface area contributed by atoms with E-state index < -0.39 is 11.4 Å². The van der Waals surface area contributed by atoms with Crippen LogP contribution in [0.5, 0.6) is 0 Å². The van der Waals surface area contributed by atoms with E-state index in [0.29, 0.717) is 17.2 Å². The van der Waals surface area contributed by atoms with Crippen molar-refractivity contribution < 1.29 is 19.4 Å². The highest BCUT2D eigenvalue weighted by molar-refractivity contribution is 6.12. The number of aliphatic carboxylic acids is 1. The largest absolute Gasteiger partial charge is 0.495 e. The Hall–Kier alpha value is -3.67.